The van der Waals surface area contributed by atoms with Crippen LogP contribution in [0.1, 0.15) is 11.3 Å². The van der Waals surface area contributed by atoms with Crippen molar-refractivity contribution in [3.63, 3.8) is 0 Å². The molecule has 0 aliphatic carbocycles. The zero-order chi connectivity index (χ0) is 19.4. The van der Waals surface area contributed by atoms with Gasteiger partial charge in [0.1, 0.15) is 6.54 Å². The number of para-hydroxylation sites is 1. The molecule has 1 aromatic heterocycles. The number of nitrogens with one attached hydrogen (secondary N) is 1. The Kier molecular flexibility index (Phi) is 5.54. The van der Waals surface area contributed by atoms with E-state index >= 15 is 0 Å². The van der Waals surface area contributed by atoms with Gasteiger partial charge in [-0.3, -0.25) is 4.79 Å². The van der Waals surface area contributed by atoms with Crippen LogP contribution in [-0.2, 0) is 17.9 Å². The third-order valence-electron chi connectivity index (χ3n) is 4.58. The van der Waals surface area contributed by atoms with E-state index in [-0.39, 0.29) is 12.5 Å². The highest BCUT2D eigenvalue weighted by Crippen LogP contribution is 2.39. The molecule has 27 heavy (non-hydrogen) atoms. The van der Waals surface area contributed by atoms with Gasteiger partial charge >= 0.3 is 0 Å². The molecule has 0 bridgehead atoms. The molecule has 0 radical (unpaired) electrons. The first kappa shape index (κ1) is 18.6. The Morgan fingerprint density at radius 2 is 1.74 bits per heavy atom. The van der Waals surface area contributed by atoms with Gasteiger partial charge in [0.2, 0.25) is 11.7 Å². The van der Waals surface area contributed by atoms with Crippen molar-refractivity contribution in [3.05, 3.63) is 53.7 Å². The minimum atomic E-state index is -0.0729. The van der Waals surface area contributed by atoms with E-state index in [1.165, 1.54) is 0 Å². The van der Waals surface area contributed by atoms with Gasteiger partial charge in [0, 0.05) is 23.3 Å². The molecule has 1 heterocycles. The molecule has 0 spiro atoms. The van der Waals surface area contributed by atoms with Crippen molar-refractivity contribution in [2.24, 2.45) is 0 Å². The van der Waals surface area contributed by atoms with Crippen molar-refractivity contribution in [2.45, 2.75) is 20.0 Å². The molecule has 1 N–H and O–H groups in total. The van der Waals surface area contributed by atoms with Crippen molar-refractivity contribution < 1.29 is 19.0 Å². The lowest BCUT2D eigenvalue weighted by molar-refractivity contribution is -0.121. The van der Waals surface area contributed by atoms with Crippen LogP contribution in [0, 0.1) is 6.92 Å². The fourth-order valence-corrected chi connectivity index (χ4v) is 3.25. The highest BCUT2D eigenvalue weighted by Gasteiger charge is 2.16. The number of benzene rings is 2. The summed E-state index contributed by atoms with van der Waals surface area (Å²) >= 11 is 0. The number of carbonyl (C=O) groups is 1. The molecule has 2 aromatic carbocycles. The number of aryl methyl sites for hydroxylation is 1. The number of rotatable bonds is 7. The Labute approximate surface area is 158 Å². The summed E-state index contributed by atoms with van der Waals surface area (Å²) in [5, 5.41) is 4.09. The number of fused-ring (bicyclic) bond motifs is 1. The maximum atomic E-state index is 12.5. The lowest BCUT2D eigenvalue weighted by atomic mass is 10.1. The van der Waals surface area contributed by atoms with Gasteiger partial charge in [-0.2, -0.15) is 0 Å². The molecule has 1 amide bonds. The second-order valence-electron chi connectivity index (χ2n) is 6.20. The van der Waals surface area contributed by atoms with E-state index in [9.17, 15) is 4.79 Å². The number of amides is 1. The molecule has 0 aliphatic heterocycles. The van der Waals surface area contributed by atoms with Crippen molar-refractivity contribution in [1.29, 1.82) is 0 Å². The van der Waals surface area contributed by atoms with Crippen molar-refractivity contribution in [2.75, 3.05) is 21.3 Å². The summed E-state index contributed by atoms with van der Waals surface area (Å²) < 4.78 is 18.1. The van der Waals surface area contributed by atoms with E-state index in [4.69, 9.17) is 14.2 Å². The molecule has 0 atom stereocenters. The summed E-state index contributed by atoms with van der Waals surface area (Å²) in [7, 11) is 4.70. The van der Waals surface area contributed by atoms with Crippen molar-refractivity contribution in [1.82, 2.24) is 9.88 Å². The molecule has 0 saturated heterocycles. The summed E-state index contributed by atoms with van der Waals surface area (Å²) in [6, 6.07) is 13.8. The maximum Gasteiger partial charge on any atom is 0.240 e. The number of carbonyl (C=O) groups excluding carboxylic acids is 1. The summed E-state index contributed by atoms with van der Waals surface area (Å²) in [4.78, 5) is 12.5. The average Bonchev–Trinajstić information content (AvgIpc) is 3.00. The molecule has 6 heteroatoms. The van der Waals surface area contributed by atoms with Gasteiger partial charge in [-0.1, -0.05) is 18.2 Å². The largest absolute Gasteiger partial charge is 0.493 e. The molecule has 0 aliphatic rings. The maximum absolute atomic E-state index is 12.5. The van der Waals surface area contributed by atoms with Crippen LogP contribution in [0.2, 0.25) is 0 Å². The van der Waals surface area contributed by atoms with Gasteiger partial charge in [-0.25, -0.2) is 0 Å². The van der Waals surface area contributed by atoms with Gasteiger partial charge in [0.25, 0.3) is 0 Å². The Balaban J connectivity index is 1.75. The van der Waals surface area contributed by atoms with Gasteiger partial charge in [-0.15, -0.1) is 0 Å². The summed E-state index contributed by atoms with van der Waals surface area (Å²) in [5.41, 5.74) is 2.92. The first-order valence-corrected chi connectivity index (χ1v) is 8.68. The number of hydrogen-bond acceptors (Lipinski definition) is 4. The SMILES string of the molecule is COc1ccc(CNC(=O)Cn2c(C)cc3ccccc32)c(OC)c1OC. The fraction of sp³-hybridized carbons (Fsp3) is 0.286. The molecular weight excluding hydrogens is 344 g/mol. The van der Waals surface area contributed by atoms with E-state index < -0.39 is 0 Å². The first-order valence-electron chi connectivity index (χ1n) is 8.68. The molecule has 142 valence electrons. The Bertz CT molecular complexity index is 962. The number of methoxy groups -OCH3 is 3. The number of ether oxygens (including phenoxy) is 3. The minimum Gasteiger partial charge on any atom is -0.493 e. The van der Waals surface area contributed by atoms with E-state index in [0.717, 1.165) is 22.2 Å². The molecule has 0 unspecified atom stereocenters. The molecular formula is C21H24N2O4. The van der Waals surface area contributed by atoms with Crippen molar-refractivity contribution >= 4 is 16.8 Å². The number of hydrogen-bond donors (Lipinski definition) is 1. The summed E-state index contributed by atoms with van der Waals surface area (Å²) in [6.45, 7) is 2.60. The minimum absolute atomic E-state index is 0.0729. The second-order valence-corrected chi connectivity index (χ2v) is 6.20. The monoisotopic (exact) mass is 368 g/mol. The lowest BCUT2D eigenvalue weighted by Crippen LogP contribution is -2.27. The molecule has 3 aromatic rings. The predicted molar refractivity (Wildman–Crippen MR) is 105 cm³/mol. The zero-order valence-corrected chi connectivity index (χ0v) is 16.0. The zero-order valence-electron chi connectivity index (χ0n) is 16.0. The Hall–Kier alpha value is -3.15. The second kappa shape index (κ2) is 8.03. The Morgan fingerprint density at radius 3 is 2.44 bits per heavy atom. The standard InChI is InChI=1S/C21H24N2O4/c1-14-11-15-7-5-6-8-17(15)23(14)13-19(24)22-12-16-9-10-18(25-2)21(27-4)20(16)26-3/h5-11H,12-13H2,1-4H3,(H,22,24). The van der Waals surface area contributed by atoms with Gasteiger partial charge in [0.05, 0.1) is 21.3 Å². The molecule has 0 saturated carbocycles. The quantitative estimate of drug-likeness (QED) is 0.695. The normalized spacial score (nSPS) is 10.7. The van der Waals surface area contributed by atoms with Crippen LogP contribution in [-0.4, -0.2) is 31.8 Å². The van der Waals surface area contributed by atoms with E-state index in [1.54, 1.807) is 27.4 Å². The predicted octanol–water partition coefficient (Wildman–Crippen LogP) is 3.29. The van der Waals surface area contributed by atoms with Crippen LogP contribution in [0.25, 0.3) is 10.9 Å². The van der Waals surface area contributed by atoms with Crippen LogP contribution >= 0.6 is 0 Å². The van der Waals surface area contributed by atoms with Gasteiger partial charge in [0.15, 0.2) is 11.5 Å². The number of nitrogens with zero attached hydrogens (tertiary/aromatic N) is 1. The van der Waals surface area contributed by atoms with Gasteiger partial charge in [-0.05, 0) is 36.6 Å². The van der Waals surface area contributed by atoms with Crippen LogP contribution in [0.5, 0.6) is 17.2 Å². The van der Waals surface area contributed by atoms with E-state index in [2.05, 4.69) is 11.4 Å². The topological polar surface area (TPSA) is 61.7 Å². The highest BCUT2D eigenvalue weighted by atomic mass is 16.5. The van der Waals surface area contributed by atoms with Crippen LogP contribution in [0.3, 0.4) is 0 Å². The Morgan fingerprint density at radius 1 is 1.00 bits per heavy atom. The average molecular weight is 368 g/mol. The lowest BCUT2D eigenvalue weighted by Gasteiger charge is -2.16. The third kappa shape index (κ3) is 3.69. The van der Waals surface area contributed by atoms with Crippen LogP contribution in [0.4, 0.5) is 0 Å². The summed E-state index contributed by atoms with van der Waals surface area (Å²) in [5.74, 6) is 1.58. The van der Waals surface area contributed by atoms with Crippen molar-refractivity contribution in [3.8, 4) is 17.2 Å². The molecule has 6 nitrogen and oxygen atoms in total. The summed E-state index contributed by atoms with van der Waals surface area (Å²) in [6.07, 6.45) is 0. The van der Waals surface area contributed by atoms with Crippen LogP contribution in [0.15, 0.2) is 42.5 Å². The smallest absolute Gasteiger partial charge is 0.240 e. The van der Waals surface area contributed by atoms with Gasteiger partial charge < -0.3 is 24.1 Å². The molecule has 0 fully saturated rings. The molecule has 3 rings (SSSR count). The van der Waals surface area contributed by atoms with E-state index in [1.807, 2.05) is 41.8 Å². The number of aromatic nitrogens is 1. The first-order chi connectivity index (χ1) is 13.1. The third-order valence-corrected chi connectivity index (χ3v) is 4.58. The van der Waals surface area contributed by atoms with Crippen LogP contribution < -0.4 is 19.5 Å². The highest BCUT2D eigenvalue weighted by molar-refractivity contribution is 5.84. The van der Waals surface area contributed by atoms with E-state index in [0.29, 0.717) is 23.8 Å². The fourth-order valence-electron chi connectivity index (χ4n) is 3.25.